The number of likely N-dealkylation sites (N-methyl/N-ethyl adjacent to an activating group) is 2. The van der Waals surface area contributed by atoms with Gasteiger partial charge in [-0.05, 0) is 34.9 Å². The molecule has 2 atom stereocenters. The first-order valence-electron chi connectivity index (χ1n) is 5.66. The van der Waals surface area contributed by atoms with E-state index in [9.17, 15) is 4.79 Å². The van der Waals surface area contributed by atoms with Crippen LogP contribution in [0, 0.1) is 0 Å². The van der Waals surface area contributed by atoms with Gasteiger partial charge < -0.3 is 10.2 Å². The fraction of sp³-hybridized carbons (Fsp3) is 0.909. The first-order chi connectivity index (χ1) is 6.99. The van der Waals surface area contributed by atoms with Crippen molar-refractivity contribution in [3.05, 3.63) is 0 Å². The summed E-state index contributed by atoms with van der Waals surface area (Å²) in [6.45, 7) is 7.96. The summed E-state index contributed by atoms with van der Waals surface area (Å²) in [6.07, 6.45) is 0. The van der Waals surface area contributed by atoms with E-state index in [1.165, 1.54) is 0 Å². The Morgan fingerprint density at radius 3 is 2.60 bits per heavy atom. The van der Waals surface area contributed by atoms with Crippen molar-refractivity contribution in [2.75, 3.05) is 27.2 Å². The van der Waals surface area contributed by atoms with Gasteiger partial charge in [0.05, 0.1) is 0 Å². The van der Waals surface area contributed by atoms with E-state index in [4.69, 9.17) is 0 Å². The quantitative estimate of drug-likeness (QED) is 0.724. The summed E-state index contributed by atoms with van der Waals surface area (Å²) in [5.74, 6) is 0.251. The Labute approximate surface area is 92.6 Å². The number of nitrogens with one attached hydrogen (secondary N) is 1. The molecule has 1 saturated heterocycles. The second-order valence-electron chi connectivity index (χ2n) is 4.70. The average molecular weight is 213 g/mol. The summed E-state index contributed by atoms with van der Waals surface area (Å²) in [4.78, 5) is 16.4. The van der Waals surface area contributed by atoms with Crippen LogP contribution in [0.1, 0.15) is 20.8 Å². The van der Waals surface area contributed by atoms with E-state index < -0.39 is 0 Å². The molecule has 1 amide bonds. The molecule has 1 aliphatic rings. The van der Waals surface area contributed by atoms with E-state index in [-0.39, 0.29) is 11.9 Å². The van der Waals surface area contributed by atoms with Crippen LogP contribution in [0.5, 0.6) is 0 Å². The maximum Gasteiger partial charge on any atom is 0.241 e. The van der Waals surface area contributed by atoms with E-state index in [1.807, 2.05) is 19.0 Å². The van der Waals surface area contributed by atoms with Crippen LogP contribution in [0.2, 0.25) is 0 Å². The van der Waals surface area contributed by atoms with E-state index in [2.05, 4.69) is 31.0 Å². The molecule has 1 aliphatic heterocycles. The van der Waals surface area contributed by atoms with Gasteiger partial charge in [-0.25, -0.2) is 0 Å². The largest absolute Gasteiger partial charge is 0.335 e. The van der Waals surface area contributed by atoms with Crippen LogP contribution in [0.15, 0.2) is 0 Å². The van der Waals surface area contributed by atoms with Crippen molar-refractivity contribution in [3.63, 3.8) is 0 Å². The monoisotopic (exact) mass is 213 g/mol. The minimum atomic E-state index is -0.00593. The van der Waals surface area contributed by atoms with Gasteiger partial charge in [0.15, 0.2) is 0 Å². The molecular weight excluding hydrogens is 190 g/mol. The van der Waals surface area contributed by atoms with Gasteiger partial charge in [0.2, 0.25) is 5.91 Å². The van der Waals surface area contributed by atoms with Crippen molar-refractivity contribution in [1.82, 2.24) is 15.1 Å². The highest BCUT2D eigenvalue weighted by Crippen LogP contribution is 2.17. The maximum absolute atomic E-state index is 12.2. The molecule has 0 bridgehead atoms. The van der Waals surface area contributed by atoms with Gasteiger partial charge in [-0.3, -0.25) is 9.69 Å². The van der Waals surface area contributed by atoms with Crippen LogP contribution in [-0.2, 0) is 4.79 Å². The first-order valence-corrected chi connectivity index (χ1v) is 5.66. The van der Waals surface area contributed by atoms with Gasteiger partial charge >= 0.3 is 0 Å². The van der Waals surface area contributed by atoms with Gasteiger partial charge in [0.1, 0.15) is 6.04 Å². The molecule has 1 fully saturated rings. The number of carbonyl (C=O) groups excluding carboxylic acids is 1. The standard InChI is InChI=1S/C11H23N3O/c1-8(2)14-9(3)7-13(5)10(6-12-4)11(14)15/h8-10,12H,6-7H2,1-5H3. The molecular formula is C11H23N3O. The SMILES string of the molecule is CNCC1C(=O)N(C(C)C)C(C)CN1C. The molecule has 1 N–H and O–H groups in total. The average Bonchev–Trinajstić information content (AvgIpc) is 2.11. The molecule has 1 rings (SSSR count). The third kappa shape index (κ3) is 2.49. The Kier molecular flexibility index (Phi) is 4.11. The Balaban J connectivity index is 2.79. The Morgan fingerprint density at radius 1 is 1.53 bits per heavy atom. The summed E-state index contributed by atoms with van der Waals surface area (Å²) in [5.41, 5.74) is 0. The van der Waals surface area contributed by atoms with E-state index in [1.54, 1.807) is 0 Å². The van der Waals surface area contributed by atoms with Crippen LogP contribution < -0.4 is 5.32 Å². The number of hydrogen-bond acceptors (Lipinski definition) is 3. The molecule has 0 radical (unpaired) electrons. The zero-order chi connectivity index (χ0) is 11.6. The third-order valence-corrected chi connectivity index (χ3v) is 3.05. The molecule has 88 valence electrons. The third-order valence-electron chi connectivity index (χ3n) is 3.05. The highest BCUT2D eigenvalue weighted by molar-refractivity contribution is 5.83. The highest BCUT2D eigenvalue weighted by Gasteiger charge is 2.37. The fourth-order valence-electron chi connectivity index (χ4n) is 2.41. The second-order valence-corrected chi connectivity index (χ2v) is 4.70. The van der Waals surface area contributed by atoms with Crippen molar-refractivity contribution in [2.24, 2.45) is 0 Å². The highest BCUT2D eigenvalue weighted by atomic mass is 16.2. The number of carbonyl (C=O) groups is 1. The first kappa shape index (κ1) is 12.5. The molecule has 4 heteroatoms. The number of nitrogens with zero attached hydrogens (tertiary/aromatic N) is 2. The van der Waals surface area contributed by atoms with Crippen molar-refractivity contribution >= 4 is 5.91 Å². The van der Waals surface area contributed by atoms with Crippen molar-refractivity contribution in [2.45, 2.75) is 38.9 Å². The van der Waals surface area contributed by atoms with E-state index >= 15 is 0 Å². The lowest BCUT2D eigenvalue weighted by Crippen LogP contribution is -2.63. The number of rotatable bonds is 3. The summed E-state index contributed by atoms with van der Waals surface area (Å²) in [7, 11) is 3.91. The van der Waals surface area contributed by atoms with Crippen molar-refractivity contribution in [3.8, 4) is 0 Å². The summed E-state index contributed by atoms with van der Waals surface area (Å²) in [6, 6.07) is 0.602. The second kappa shape index (κ2) is 4.94. The maximum atomic E-state index is 12.2. The fourth-order valence-corrected chi connectivity index (χ4v) is 2.41. The Bertz CT molecular complexity index is 230. The molecule has 1 heterocycles. The number of piperazine rings is 1. The van der Waals surface area contributed by atoms with Crippen LogP contribution in [0.4, 0.5) is 0 Å². The molecule has 0 aromatic rings. The van der Waals surface area contributed by atoms with Gasteiger partial charge in [0.25, 0.3) is 0 Å². The topological polar surface area (TPSA) is 35.6 Å². The normalized spacial score (nSPS) is 28.9. The summed E-state index contributed by atoms with van der Waals surface area (Å²) in [5, 5.41) is 3.08. The minimum Gasteiger partial charge on any atom is -0.335 e. The lowest BCUT2D eigenvalue weighted by molar-refractivity contribution is -0.146. The minimum absolute atomic E-state index is 0.00593. The molecule has 4 nitrogen and oxygen atoms in total. The van der Waals surface area contributed by atoms with Crippen molar-refractivity contribution < 1.29 is 4.79 Å². The summed E-state index contributed by atoms with van der Waals surface area (Å²) < 4.78 is 0. The molecule has 0 aromatic heterocycles. The smallest absolute Gasteiger partial charge is 0.241 e. The predicted octanol–water partition coefficient (Wildman–Crippen LogP) is 0.145. The van der Waals surface area contributed by atoms with Crippen LogP contribution in [-0.4, -0.2) is 61.0 Å². The van der Waals surface area contributed by atoms with Crippen LogP contribution in [0.25, 0.3) is 0 Å². The zero-order valence-corrected chi connectivity index (χ0v) is 10.4. The Hall–Kier alpha value is -0.610. The molecule has 2 unspecified atom stereocenters. The lowest BCUT2D eigenvalue weighted by atomic mass is 10.1. The number of amides is 1. The van der Waals surface area contributed by atoms with Crippen LogP contribution in [0.3, 0.4) is 0 Å². The summed E-state index contributed by atoms with van der Waals surface area (Å²) >= 11 is 0. The molecule has 15 heavy (non-hydrogen) atoms. The zero-order valence-electron chi connectivity index (χ0n) is 10.4. The van der Waals surface area contributed by atoms with Gasteiger partial charge in [-0.1, -0.05) is 0 Å². The van der Waals surface area contributed by atoms with E-state index in [0.29, 0.717) is 12.1 Å². The van der Waals surface area contributed by atoms with Gasteiger partial charge in [-0.2, -0.15) is 0 Å². The number of hydrogen-bond donors (Lipinski definition) is 1. The van der Waals surface area contributed by atoms with E-state index in [0.717, 1.165) is 13.1 Å². The van der Waals surface area contributed by atoms with Crippen LogP contribution >= 0.6 is 0 Å². The van der Waals surface area contributed by atoms with Crippen molar-refractivity contribution in [1.29, 1.82) is 0 Å². The molecule has 0 aliphatic carbocycles. The Morgan fingerprint density at radius 2 is 2.13 bits per heavy atom. The molecule has 0 aromatic carbocycles. The lowest BCUT2D eigenvalue weighted by Gasteiger charge is -2.45. The van der Waals surface area contributed by atoms with Gasteiger partial charge in [-0.15, -0.1) is 0 Å². The van der Waals surface area contributed by atoms with Gasteiger partial charge in [0, 0.05) is 25.2 Å². The molecule has 0 saturated carbocycles. The predicted molar refractivity (Wildman–Crippen MR) is 61.8 cm³/mol. The molecule has 0 spiro atoms.